The fourth-order valence-corrected chi connectivity index (χ4v) is 3.04. The Morgan fingerprint density at radius 1 is 1.19 bits per heavy atom. The van der Waals surface area contributed by atoms with E-state index in [-0.39, 0.29) is 11.7 Å². The van der Waals surface area contributed by atoms with E-state index in [9.17, 15) is 4.39 Å². The molecule has 0 saturated carbocycles. The lowest BCUT2D eigenvalue weighted by atomic mass is 10.0. The van der Waals surface area contributed by atoms with E-state index >= 15 is 0 Å². The molecule has 0 aliphatic heterocycles. The Labute approximate surface area is 127 Å². The van der Waals surface area contributed by atoms with Crippen molar-refractivity contribution in [1.29, 1.82) is 0 Å². The highest BCUT2D eigenvalue weighted by Crippen LogP contribution is 2.31. The maximum absolute atomic E-state index is 13.1. The molecule has 3 aromatic rings. The topological polar surface area (TPSA) is 30.2 Å². The van der Waals surface area contributed by atoms with Crippen molar-refractivity contribution >= 4 is 17.2 Å². The van der Waals surface area contributed by atoms with Gasteiger partial charge in [-0.05, 0) is 30.5 Å². The number of benzene rings is 1. The number of aryl methyl sites for hydroxylation is 1. The third kappa shape index (κ3) is 2.29. The summed E-state index contributed by atoms with van der Waals surface area (Å²) in [5.74, 6) is 0.00682. The predicted molar refractivity (Wildman–Crippen MR) is 82.2 cm³/mol. The summed E-state index contributed by atoms with van der Waals surface area (Å²) in [7, 11) is 0. The van der Waals surface area contributed by atoms with Crippen LogP contribution in [0.1, 0.15) is 31.0 Å². The van der Waals surface area contributed by atoms with Gasteiger partial charge in [0.2, 0.25) is 0 Å². The number of rotatable bonds is 2. The molecule has 2 aromatic heterocycles. The Hall–Kier alpha value is -1.94. The molecule has 0 aliphatic rings. The van der Waals surface area contributed by atoms with Gasteiger partial charge in [-0.2, -0.15) is 5.10 Å². The largest absolute Gasteiger partial charge is 0.233 e. The van der Waals surface area contributed by atoms with Crippen LogP contribution in [-0.2, 0) is 0 Å². The molecule has 0 unspecified atom stereocenters. The molecular weight excluding hydrogens is 289 g/mol. The first-order valence-corrected chi connectivity index (χ1v) is 7.16. The molecular formula is C16H15ClFN3. The normalized spacial score (nSPS) is 11.5. The lowest BCUT2D eigenvalue weighted by molar-refractivity contribution is 0.628. The van der Waals surface area contributed by atoms with E-state index in [1.165, 1.54) is 12.1 Å². The summed E-state index contributed by atoms with van der Waals surface area (Å²) in [5, 5.41) is 4.91. The summed E-state index contributed by atoms with van der Waals surface area (Å²) in [6.07, 6.45) is 1.71. The van der Waals surface area contributed by atoms with Gasteiger partial charge in [-0.25, -0.2) is 13.9 Å². The first-order chi connectivity index (χ1) is 9.99. The van der Waals surface area contributed by atoms with E-state index in [0.717, 1.165) is 22.4 Å². The van der Waals surface area contributed by atoms with E-state index in [1.807, 2.05) is 6.92 Å². The van der Waals surface area contributed by atoms with Crippen molar-refractivity contribution in [2.75, 3.05) is 0 Å². The lowest BCUT2D eigenvalue weighted by Crippen LogP contribution is -2.04. The fourth-order valence-electron chi connectivity index (χ4n) is 2.56. The van der Waals surface area contributed by atoms with E-state index in [1.54, 1.807) is 22.8 Å². The third-order valence-electron chi connectivity index (χ3n) is 3.55. The molecule has 0 aliphatic carbocycles. The molecule has 3 nitrogen and oxygen atoms in total. The standard InChI is InChI=1S/C16H15ClFN3/c1-9(2)14-10(3)20-16-13(8-19-21(16)15(14)17)11-4-6-12(18)7-5-11/h4-9H,1-3H3. The third-order valence-corrected chi connectivity index (χ3v) is 3.91. The van der Waals surface area contributed by atoms with Crippen LogP contribution in [0.2, 0.25) is 5.15 Å². The molecule has 0 radical (unpaired) electrons. The average molecular weight is 304 g/mol. The first kappa shape index (κ1) is 14.0. The van der Waals surface area contributed by atoms with Gasteiger partial charge in [0, 0.05) is 16.8 Å². The average Bonchev–Trinajstić information content (AvgIpc) is 2.83. The zero-order valence-electron chi connectivity index (χ0n) is 12.1. The van der Waals surface area contributed by atoms with Crippen molar-refractivity contribution in [2.24, 2.45) is 0 Å². The fraction of sp³-hybridized carbons (Fsp3) is 0.250. The van der Waals surface area contributed by atoms with Gasteiger partial charge < -0.3 is 0 Å². The molecule has 1 aromatic carbocycles. The van der Waals surface area contributed by atoms with Gasteiger partial charge in [0.25, 0.3) is 0 Å². The SMILES string of the molecule is Cc1nc2c(-c3ccc(F)cc3)cnn2c(Cl)c1C(C)C. The van der Waals surface area contributed by atoms with E-state index in [0.29, 0.717) is 10.8 Å². The van der Waals surface area contributed by atoms with E-state index in [4.69, 9.17) is 11.6 Å². The summed E-state index contributed by atoms with van der Waals surface area (Å²) in [5.41, 5.74) is 4.29. The van der Waals surface area contributed by atoms with Crippen molar-refractivity contribution in [3.8, 4) is 11.1 Å². The Morgan fingerprint density at radius 2 is 1.86 bits per heavy atom. The molecule has 5 heteroatoms. The van der Waals surface area contributed by atoms with Crippen molar-refractivity contribution in [2.45, 2.75) is 26.7 Å². The minimum atomic E-state index is -0.264. The van der Waals surface area contributed by atoms with Crippen LogP contribution >= 0.6 is 11.6 Å². The first-order valence-electron chi connectivity index (χ1n) is 6.78. The zero-order valence-corrected chi connectivity index (χ0v) is 12.8. The van der Waals surface area contributed by atoms with E-state index < -0.39 is 0 Å². The van der Waals surface area contributed by atoms with Crippen LogP contribution in [0.4, 0.5) is 4.39 Å². The predicted octanol–water partition coefficient (Wildman–Crippen LogP) is 4.62. The number of hydrogen-bond acceptors (Lipinski definition) is 2. The van der Waals surface area contributed by atoms with Crippen LogP contribution in [0, 0.1) is 12.7 Å². The molecule has 0 amide bonds. The summed E-state index contributed by atoms with van der Waals surface area (Å²) in [6.45, 7) is 6.10. The van der Waals surface area contributed by atoms with Gasteiger partial charge in [-0.1, -0.05) is 37.6 Å². The quantitative estimate of drug-likeness (QED) is 0.647. The summed E-state index contributed by atoms with van der Waals surface area (Å²) in [6, 6.07) is 6.28. The molecule has 0 fully saturated rings. The van der Waals surface area contributed by atoms with Crippen molar-refractivity contribution < 1.29 is 4.39 Å². The van der Waals surface area contributed by atoms with Gasteiger partial charge in [0.1, 0.15) is 11.0 Å². The van der Waals surface area contributed by atoms with Gasteiger partial charge in [-0.15, -0.1) is 0 Å². The van der Waals surface area contributed by atoms with Gasteiger partial charge >= 0.3 is 0 Å². The minimum Gasteiger partial charge on any atom is -0.233 e. The van der Waals surface area contributed by atoms with Gasteiger partial charge in [-0.3, -0.25) is 0 Å². The van der Waals surface area contributed by atoms with Crippen LogP contribution in [0.15, 0.2) is 30.5 Å². The Kier molecular flexibility index (Phi) is 3.41. The highest BCUT2D eigenvalue weighted by Gasteiger charge is 2.17. The Balaban J connectivity index is 2.26. The maximum Gasteiger partial charge on any atom is 0.164 e. The number of halogens is 2. The molecule has 0 saturated heterocycles. The van der Waals surface area contributed by atoms with Crippen molar-refractivity contribution in [1.82, 2.24) is 14.6 Å². The second kappa shape index (κ2) is 5.11. The summed E-state index contributed by atoms with van der Waals surface area (Å²) >= 11 is 6.47. The molecule has 2 heterocycles. The molecule has 3 rings (SSSR count). The van der Waals surface area contributed by atoms with Crippen LogP contribution < -0.4 is 0 Å². The molecule has 0 bridgehead atoms. The van der Waals surface area contributed by atoms with Crippen LogP contribution in [0.3, 0.4) is 0 Å². The zero-order chi connectivity index (χ0) is 15.1. The van der Waals surface area contributed by atoms with Gasteiger partial charge in [0.15, 0.2) is 5.65 Å². The molecule has 0 atom stereocenters. The minimum absolute atomic E-state index is 0.264. The maximum atomic E-state index is 13.1. The van der Waals surface area contributed by atoms with Gasteiger partial charge in [0.05, 0.1) is 6.20 Å². The van der Waals surface area contributed by atoms with Crippen molar-refractivity contribution in [3.63, 3.8) is 0 Å². The Morgan fingerprint density at radius 3 is 2.48 bits per heavy atom. The monoisotopic (exact) mass is 303 g/mol. The second-order valence-corrected chi connectivity index (χ2v) is 5.71. The van der Waals surface area contributed by atoms with Crippen LogP contribution in [0.5, 0.6) is 0 Å². The molecule has 108 valence electrons. The van der Waals surface area contributed by atoms with Crippen LogP contribution in [-0.4, -0.2) is 14.6 Å². The number of fused-ring (bicyclic) bond motifs is 1. The molecule has 21 heavy (non-hydrogen) atoms. The Bertz CT molecular complexity index is 806. The number of hydrogen-bond donors (Lipinski definition) is 0. The lowest BCUT2D eigenvalue weighted by Gasteiger charge is -2.12. The second-order valence-electron chi connectivity index (χ2n) is 5.36. The van der Waals surface area contributed by atoms with E-state index in [2.05, 4.69) is 23.9 Å². The van der Waals surface area contributed by atoms with Crippen molar-refractivity contribution in [3.05, 3.63) is 52.7 Å². The molecule has 0 spiro atoms. The number of nitrogens with zero attached hydrogens (tertiary/aromatic N) is 3. The smallest absolute Gasteiger partial charge is 0.164 e. The molecule has 0 N–H and O–H groups in total. The van der Waals surface area contributed by atoms with Crippen LogP contribution in [0.25, 0.3) is 16.8 Å². The highest BCUT2D eigenvalue weighted by molar-refractivity contribution is 6.30. The highest BCUT2D eigenvalue weighted by atomic mass is 35.5. The number of aromatic nitrogens is 3. The summed E-state index contributed by atoms with van der Waals surface area (Å²) < 4.78 is 14.7. The summed E-state index contributed by atoms with van der Waals surface area (Å²) in [4.78, 5) is 4.64.